The van der Waals surface area contributed by atoms with E-state index in [2.05, 4.69) is 55.4 Å². The molecular weight excluding hydrogens is 352 g/mol. The molecule has 0 aromatic rings. The molecule has 0 aromatic carbocycles. The fourth-order valence-corrected chi connectivity index (χ4v) is 6.40. The van der Waals surface area contributed by atoms with Gasteiger partial charge in [0.1, 0.15) is 0 Å². The molecule has 0 bridgehead atoms. The molecule has 21 heavy (non-hydrogen) atoms. The standard InChI is InChI=1S/4C4H9O.Mo/c4*1-4(2)3-5;/h4*4H,3H2,1-2H3;/q4*-1;+4. The first kappa shape index (κ1) is 21.5. The van der Waals surface area contributed by atoms with Crippen LogP contribution < -0.4 is 0 Å². The molecule has 0 rings (SSSR count). The van der Waals surface area contributed by atoms with Gasteiger partial charge in [-0.1, -0.05) is 0 Å². The Hall–Kier alpha value is 0.528. The molecular formula is C16H36MoO4. The van der Waals surface area contributed by atoms with Crippen LogP contribution in [0.5, 0.6) is 0 Å². The van der Waals surface area contributed by atoms with E-state index in [1.54, 1.807) is 0 Å². The Kier molecular flexibility index (Phi) is 11.4. The zero-order chi connectivity index (χ0) is 16.5. The van der Waals surface area contributed by atoms with E-state index < -0.39 is 17.6 Å². The summed E-state index contributed by atoms with van der Waals surface area (Å²) in [6, 6.07) is 0. The van der Waals surface area contributed by atoms with Gasteiger partial charge in [0, 0.05) is 0 Å². The fourth-order valence-electron chi connectivity index (χ4n) is 1.08. The molecule has 0 radical (unpaired) electrons. The van der Waals surface area contributed by atoms with Crippen LogP contribution in [0.1, 0.15) is 55.4 Å². The summed E-state index contributed by atoms with van der Waals surface area (Å²) in [6.07, 6.45) is 0. The third-order valence-electron chi connectivity index (χ3n) is 2.18. The maximum atomic E-state index is 6.07. The van der Waals surface area contributed by atoms with Crippen molar-refractivity contribution in [3.8, 4) is 0 Å². The SMILES string of the molecule is CC(C)C[O][Mo]([O]CC(C)C)([O]CC(C)C)[O]CC(C)C. The van der Waals surface area contributed by atoms with Gasteiger partial charge in [-0.15, -0.1) is 0 Å². The van der Waals surface area contributed by atoms with Crippen molar-refractivity contribution in [3.05, 3.63) is 0 Å². The van der Waals surface area contributed by atoms with E-state index in [9.17, 15) is 0 Å². The second-order valence-electron chi connectivity index (χ2n) is 7.12. The minimum atomic E-state index is -3.66. The van der Waals surface area contributed by atoms with Crippen LogP contribution in [0.2, 0.25) is 0 Å². The summed E-state index contributed by atoms with van der Waals surface area (Å²) in [7, 11) is 0. The van der Waals surface area contributed by atoms with Gasteiger partial charge in [-0.05, 0) is 0 Å². The van der Waals surface area contributed by atoms with E-state index in [1.165, 1.54) is 0 Å². The van der Waals surface area contributed by atoms with Crippen molar-refractivity contribution in [1.82, 2.24) is 0 Å². The molecule has 0 atom stereocenters. The Labute approximate surface area is 136 Å². The summed E-state index contributed by atoms with van der Waals surface area (Å²) >= 11 is -3.66. The van der Waals surface area contributed by atoms with Crippen LogP contribution in [0.25, 0.3) is 0 Å². The Bertz CT molecular complexity index is 201. The van der Waals surface area contributed by atoms with Gasteiger partial charge in [-0.2, -0.15) is 0 Å². The molecule has 5 heteroatoms. The molecule has 0 fully saturated rings. The molecule has 0 saturated carbocycles. The van der Waals surface area contributed by atoms with Crippen molar-refractivity contribution in [3.63, 3.8) is 0 Å². The first-order valence-corrected chi connectivity index (χ1v) is 11.4. The third-order valence-corrected chi connectivity index (χ3v) is 6.36. The Morgan fingerprint density at radius 1 is 0.476 bits per heavy atom. The first-order valence-electron chi connectivity index (χ1n) is 8.07. The predicted octanol–water partition coefficient (Wildman–Crippen LogP) is 4.49. The van der Waals surface area contributed by atoms with Crippen molar-refractivity contribution < 1.29 is 31.1 Å². The molecule has 0 N–H and O–H groups in total. The molecule has 0 aliphatic carbocycles. The van der Waals surface area contributed by atoms with E-state index in [4.69, 9.17) is 13.6 Å². The van der Waals surface area contributed by atoms with Gasteiger partial charge in [-0.3, -0.25) is 0 Å². The summed E-state index contributed by atoms with van der Waals surface area (Å²) in [4.78, 5) is 0. The molecule has 4 nitrogen and oxygen atoms in total. The van der Waals surface area contributed by atoms with Crippen LogP contribution in [0.15, 0.2) is 0 Å². The molecule has 0 amide bonds. The fraction of sp³-hybridized carbons (Fsp3) is 1.00. The van der Waals surface area contributed by atoms with Crippen molar-refractivity contribution in [2.45, 2.75) is 55.4 Å². The summed E-state index contributed by atoms with van der Waals surface area (Å²) in [5.41, 5.74) is 0. The maximum absolute atomic E-state index is 6.07. The van der Waals surface area contributed by atoms with Gasteiger partial charge >= 0.3 is 137 Å². The molecule has 0 aromatic heterocycles. The van der Waals surface area contributed by atoms with Gasteiger partial charge in [0.2, 0.25) is 0 Å². The summed E-state index contributed by atoms with van der Waals surface area (Å²) in [5.74, 6) is 1.74. The third kappa shape index (κ3) is 11.7. The van der Waals surface area contributed by atoms with Crippen LogP contribution >= 0.6 is 0 Å². The van der Waals surface area contributed by atoms with Crippen molar-refractivity contribution in [1.29, 1.82) is 0 Å². The first-order chi connectivity index (χ1) is 9.67. The van der Waals surface area contributed by atoms with E-state index >= 15 is 0 Å². The van der Waals surface area contributed by atoms with Crippen LogP contribution in [0, 0.1) is 23.7 Å². The summed E-state index contributed by atoms with van der Waals surface area (Å²) < 4.78 is 24.3. The van der Waals surface area contributed by atoms with Crippen molar-refractivity contribution in [2.75, 3.05) is 26.4 Å². The topological polar surface area (TPSA) is 36.9 Å². The van der Waals surface area contributed by atoms with Crippen LogP contribution in [-0.2, 0) is 31.1 Å². The van der Waals surface area contributed by atoms with Gasteiger partial charge in [0.05, 0.1) is 0 Å². The number of hydrogen-bond donors (Lipinski definition) is 0. The van der Waals surface area contributed by atoms with E-state index in [0.717, 1.165) is 0 Å². The minimum absolute atomic E-state index is 0.434. The van der Waals surface area contributed by atoms with E-state index in [-0.39, 0.29) is 0 Å². The molecule has 130 valence electrons. The molecule has 0 spiro atoms. The molecule has 0 aliphatic heterocycles. The quantitative estimate of drug-likeness (QED) is 0.462. The van der Waals surface area contributed by atoms with Crippen molar-refractivity contribution >= 4 is 0 Å². The van der Waals surface area contributed by atoms with Crippen LogP contribution in [-0.4, -0.2) is 26.4 Å². The number of rotatable bonds is 12. The van der Waals surface area contributed by atoms with Gasteiger partial charge < -0.3 is 0 Å². The predicted molar refractivity (Wildman–Crippen MR) is 83.2 cm³/mol. The second-order valence-corrected chi connectivity index (χ2v) is 11.4. The number of hydrogen-bond acceptors (Lipinski definition) is 4. The molecule has 0 heterocycles. The summed E-state index contributed by atoms with van der Waals surface area (Å²) in [5, 5.41) is 0. The van der Waals surface area contributed by atoms with E-state index in [1.807, 2.05) is 0 Å². The van der Waals surface area contributed by atoms with Crippen LogP contribution in [0.3, 0.4) is 0 Å². The van der Waals surface area contributed by atoms with E-state index in [0.29, 0.717) is 50.1 Å². The molecule has 0 saturated heterocycles. The van der Waals surface area contributed by atoms with Crippen LogP contribution in [0.4, 0.5) is 0 Å². The molecule has 0 unspecified atom stereocenters. The van der Waals surface area contributed by atoms with Gasteiger partial charge in [-0.25, -0.2) is 0 Å². The Morgan fingerprint density at radius 3 is 0.810 bits per heavy atom. The van der Waals surface area contributed by atoms with Gasteiger partial charge in [0.15, 0.2) is 0 Å². The zero-order valence-electron chi connectivity index (χ0n) is 15.2. The Morgan fingerprint density at radius 2 is 0.667 bits per heavy atom. The zero-order valence-corrected chi connectivity index (χ0v) is 17.2. The van der Waals surface area contributed by atoms with Gasteiger partial charge in [0.25, 0.3) is 0 Å². The monoisotopic (exact) mass is 390 g/mol. The average molecular weight is 388 g/mol. The normalized spacial score (nSPS) is 13.9. The average Bonchev–Trinajstić information content (AvgIpc) is 2.36. The molecule has 0 aliphatic rings. The Balaban J connectivity index is 4.85. The van der Waals surface area contributed by atoms with Crippen molar-refractivity contribution in [2.24, 2.45) is 23.7 Å². The summed E-state index contributed by atoms with van der Waals surface area (Å²) in [6.45, 7) is 19.5. The second kappa shape index (κ2) is 11.1.